The van der Waals surface area contributed by atoms with E-state index in [9.17, 15) is 0 Å². The van der Waals surface area contributed by atoms with Crippen LogP contribution in [0, 0.1) is 6.92 Å². The van der Waals surface area contributed by atoms with Gasteiger partial charge in [0, 0.05) is 5.46 Å². The van der Waals surface area contributed by atoms with E-state index in [0.717, 1.165) is 0 Å². The minimum atomic E-state index is -1.56. The van der Waals surface area contributed by atoms with Crippen molar-refractivity contribution in [2.45, 2.75) is 13.5 Å². The molecule has 1 aromatic carbocycles. The molecule has 0 saturated heterocycles. The Morgan fingerprint density at radius 3 is 2.43 bits per heavy atom. The Morgan fingerprint density at radius 1 is 1.36 bits per heavy atom. The van der Waals surface area contributed by atoms with E-state index in [4.69, 9.17) is 19.9 Å². The predicted octanol–water partition coefficient (Wildman–Crippen LogP) is -0.824. The number of aliphatic hydroxyl groups excluding tert-OH is 1. The number of aliphatic hydroxyl groups is 1. The van der Waals surface area contributed by atoms with Crippen LogP contribution >= 0.6 is 0 Å². The highest BCUT2D eigenvalue weighted by Gasteiger charge is 2.20. The van der Waals surface area contributed by atoms with Crippen molar-refractivity contribution in [3.63, 3.8) is 0 Å². The molecule has 0 fully saturated rings. The molecule has 0 amide bonds. The molecular formula is C9H13BO4. The number of ether oxygens (including phenoxy) is 1. The summed E-state index contributed by atoms with van der Waals surface area (Å²) in [6, 6.07) is 3.28. The third kappa shape index (κ3) is 2.06. The largest absolute Gasteiger partial charge is 0.497 e. The maximum atomic E-state index is 9.09. The first kappa shape index (κ1) is 11.0. The Morgan fingerprint density at radius 2 is 2.00 bits per heavy atom. The zero-order chi connectivity index (χ0) is 10.7. The first-order valence-corrected chi connectivity index (χ1v) is 4.24. The second-order valence-electron chi connectivity index (χ2n) is 3.06. The number of rotatable bonds is 3. The smallest absolute Gasteiger partial charge is 0.492 e. The highest BCUT2D eigenvalue weighted by atomic mass is 16.5. The van der Waals surface area contributed by atoms with Gasteiger partial charge in [0.1, 0.15) is 5.75 Å². The monoisotopic (exact) mass is 196 g/mol. The third-order valence-electron chi connectivity index (χ3n) is 2.07. The molecule has 0 heterocycles. The summed E-state index contributed by atoms with van der Waals surface area (Å²) in [4.78, 5) is 0. The average molecular weight is 196 g/mol. The summed E-state index contributed by atoms with van der Waals surface area (Å²) >= 11 is 0. The van der Waals surface area contributed by atoms with E-state index in [2.05, 4.69) is 0 Å². The van der Waals surface area contributed by atoms with Gasteiger partial charge in [-0.3, -0.25) is 0 Å². The van der Waals surface area contributed by atoms with Gasteiger partial charge in [-0.15, -0.1) is 0 Å². The van der Waals surface area contributed by atoms with Crippen molar-refractivity contribution < 1.29 is 19.9 Å². The maximum absolute atomic E-state index is 9.09. The normalized spacial score (nSPS) is 10.1. The van der Waals surface area contributed by atoms with Crippen molar-refractivity contribution in [3.05, 3.63) is 23.3 Å². The highest BCUT2D eigenvalue weighted by Crippen LogP contribution is 2.14. The molecule has 0 aliphatic carbocycles. The van der Waals surface area contributed by atoms with Gasteiger partial charge in [0.2, 0.25) is 0 Å². The Hall–Kier alpha value is -1.04. The molecule has 76 valence electrons. The average Bonchev–Trinajstić information content (AvgIpc) is 2.15. The molecule has 0 aliphatic rings. The van der Waals surface area contributed by atoms with Crippen molar-refractivity contribution in [3.8, 4) is 5.75 Å². The number of hydrogen-bond donors (Lipinski definition) is 3. The van der Waals surface area contributed by atoms with Crippen LogP contribution in [0.25, 0.3) is 0 Å². The first-order chi connectivity index (χ1) is 6.60. The summed E-state index contributed by atoms with van der Waals surface area (Å²) in [6.07, 6.45) is 0. The van der Waals surface area contributed by atoms with E-state index >= 15 is 0 Å². The predicted molar refractivity (Wildman–Crippen MR) is 53.5 cm³/mol. The SMILES string of the molecule is COc1cc(CO)cc(C)c1B(O)O. The van der Waals surface area contributed by atoms with Gasteiger partial charge in [-0.05, 0) is 24.1 Å². The standard InChI is InChI=1S/C9H13BO4/c1-6-3-7(5-11)4-8(14-2)9(6)10(12)13/h3-4,11-13H,5H2,1-2H3. The summed E-state index contributed by atoms with van der Waals surface area (Å²) in [7, 11) is -0.111. The fourth-order valence-corrected chi connectivity index (χ4v) is 1.43. The van der Waals surface area contributed by atoms with Crippen LogP contribution in [0.4, 0.5) is 0 Å². The summed E-state index contributed by atoms with van der Waals surface area (Å²) in [6.45, 7) is 1.63. The number of methoxy groups -OCH3 is 1. The van der Waals surface area contributed by atoms with Crippen LogP contribution in [-0.2, 0) is 6.61 Å². The molecule has 0 aliphatic heterocycles. The molecule has 0 radical (unpaired) electrons. The van der Waals surface area contributed by atoms with Crippen LogP contribution in [0.1, 0.15) is 11.1 Å². The van der Waals surface area contributed by atoms with Crippen LogP contribution in [0.5, 0.6) is 5.75 Å². The molecule has 0 atom stereocenters. The molecule has 0 unspecified atom stereocenters. The molecule has 0 bridgehead atoms. The van der Waals surface area contributed by atoms with Crippen LogP contribution in [0.2, 0.25) is 0 Å². The van der Waals surface area contributed by atoms with E-state index in [0.29, 0.717) is 22.3 Å². The summed E-state index contributed by atoms with van der Waals surface area (Å²) in [5, 5.41) is 27.1. The first-order valence-electron chi connectivity index (χ1n) is 4.24. The fourth-order valence-electron chi connectivity index (χ4n) is 1.43. The molecule has 0 aromatic heterocycles. The van der Waals surface area contributed by atoms with Gasteiger partial charge in [0.25, 0.3) is 0 Å². The molecule has 4 nitrogen and oxygen atoms in total. The van der Waals surface area contributed by atoms with E-state index in [-0.39, 0.29) is 6.61 Å². The quantitative estimate of drug-likeness (QED) is 0.552. The summed E-state index contributed by atoms with van der Waals surface area (Å²) < 4.78 is 5.00. The molecule has 1 rings (SSSR count). The van der Waals surface area contributed by atoms with Gasteiger partial charge in [0.05, 0.1) is 13.7 Å². The van der Waals surface area contributed by atoms with E-state index in [1.54, 1.807) is 19.1 Å². The number of benzene rings is 1. The lowest BCUT2D eigenvalue weighted by Crippen LogP contribution is -2.33. The zero-order valence-electron chi connectivity index (χ0n) is 8.19. The van der Waals surface area contributed by atoms with Gasteiger partial charge in [-0.25, -0.2) is 0 Å². The van der Waals surface area contributed by atoms with Gasteiger partial charge < -0.3 is 19.9 Å². The lowest BCUT2D eigenvalue weighted by Gasteiger charge is -2.12. The summed E-state index contributed by atoms with van der Waals surface area (Å²) in [5.41, 5.74) is 1.71. The molecule has 0 spiro atoms. The maximum Gasteiger partial charge on any atom is 0.492 e. The molecular weight excluding hydrogens is 183 g/mol. The Bertz CT molecular complexity index is 325. The van der Waals surface area contributed by atoms with E-state index in [1.807, 2.05) is 0 Å². The third-order valence-corrected chi connectivity index (χ3v) is 2.07. The minimum Gasteiger partial charge on any atom is -0.497 e. The highest BCUT2D eigenvalue weighted by molar-refractivity contribution is 6.60. The van der Waals surface area contributed by atoms with Gasteiger partial charge >= 0.3 is 7.12 Å². The molecule has 3 N–H and O–H groups in total. The van der Waals surface area contributed by atoms with Crippen LogP contribution in [0.3, 0.4) is 0 Å². The number of aryl methyl sites for hydroxylation is 1. The molecule has 14 heavy (non-hydrogen) atoms. The van der Waals surface area contributed by atoms with Gasteiger partial charge in [0.15, 0.2) is 0 Å². The second-order valence-corrected chi connectivity index (χ2v) is 3.06. The second kappa shape index (κ2) is 4.46. The van der Waals surface area contributed by atoms with E-state index in [1.165, 1.54) is 7.11 Å². The molecule has 0 saturated carbocycles. The van der Waals surface area contributed by atoms with Crippen molar-refractivity contribution in [2.75, 3.05) is 7.11 Å². The van der Waals surface area contributed by atoms with Crippen LogP contribution < -0.4 is 10.2 Å². The van der Waals surface area contributed by atoms with Gasteiger partial charge in [-0.2, -0.15) is 0 Å². The molecule has 1 aromatic rings. The van der Waals surface area contributed by atoms with Crippen molar-refractivity contribution in [1.29, 1.82) is 0 Å². The zero-order valence-corrected chi connectivity index (χ0v) is 8.19. The Kier molecular flexibility index (Phi) is 3.52. The Labute approximate surface area is 82.9 Å². The van der Waals surface area contributed by atoms with Crippen molar-refractivity contribution in [1.82, 2.24) is 0 Å². The van der Waals surface area contributed by atoms with Gasteiger partial charge in [-0.1, -0.05) is 6.07 Å². The van der Waals surface area contributed by atoms with Crippen molar-refractivity contribution >= 4 is 12.6 Å². The van der Waals surface area contributed by atoms with E-state index < -0.39 is 7.12 Å². The van der Waals surface area contributed by atoms with Crippen LogP contribution in [-0.4, -0.2) is 29.4 Å². The van der Waals surface area contributed by atoms with Crippen molar-refractivity contribution in [2.24, 2.45) is 0 Å². The fraction of sp³-hybridized carbons (Fsp3) is 0.333. The topological polar surface area (TPSA) is 69.9 Å². The lowest BCUT2D eigenvalue weighted by molar-refractivity contribution is 0.281. The lowest BCUT2D eigenvalue weighted by atomic mass is 9.76. The number of hydrogen-bond acceptors (Lipinski definition) is 4. The summed E-state index contributed by atoms with van der Waals surface area (Å²) in [5.74, 6) is 0.379. The van der Waals surface area contributed by atoms with Crippen LogP contribution in [0.15, 0.2) is 12.1 Å². The molecule has 5 heteroatoms. The minimum absolute atomic E-state index is 0.0982. The Balaban J connectivity index is 3.27.